The van der Waals surface area contributed by atoms with Crippen LogP contribution in [-0.2, 0) is 14.3 Å². The molecule has 1 aliphatic rings. The Morgan fingerprint density at radius 2 is 2.04 bits per heavy atom. The maximum atomic E-state index is 14.0. The van der Waals surface area contributed by atoms with Gasteiger partial charge in [-0.05, 0) is 25.2 Å². The monoisotopic (exact) mass is 415 g/mol. The Morgan fingerprint density at radius 1 is 1.26 bits per heavy atom. The Kier molecular flexibility index (Phi) is 7.82. The fraction of sp³-hybridized carbons (Fsp3) is 0.444. The zero-order valence-electron chi connectivity index (χ0n) is 15.3. The number of benzene rings is 1. The van der Waals surface area contributed by atoms with Gasteiger partial charge in [-0.25, -0.2) is 9.37 Å². The van der Waals surface area contributed by atoms with Crippen LogP contribution in [-0.4, -0.2) is 55.2 Å². The molecule has 0 atom stereocenters. The van der Waals surface area contributed by atoms with Gasteiger partial charge in [0.15, 0.2) is 5.13 Å². The highest BCUT2D eigenvalue weighted by molar-refractivity contribution is 7.22. The average Bonchev–Trinajstić information content (AvgIpc) is 3.11. The minimum absolute atomic E-state index is 0. The number of halogens is 2. The number of amides is 1. The topological polar surface area (TPSA) is 54.9 Å². The van der Waals surface area contributed by atoms with Crippen molar-refractivity contribution in [3.8, 4) is 0 Å². The van der Waals surface area contributed by atoms with Gasteiger partial charge in [0.1, 0.15) is 30.8 Å². The SMILES string of the molecule is CCN(CC)CCN(C(=O)C1=COCCO1)c1nc2c(F)cccc2s1.Cl. The fourth-order valence-corrected chi connectivity index (χ4v) is 3.70. The van der Waals surface area contributed by atoms with Crippen LogP contribution >= 0.6 is 23.7 Å². The Hall–Kier alpha value is -1.90. The molecule has 0 spiro atoms. The van der Waals surface area contributed by atoms with E-state index in [1.165, 1.54) is 23.7 Å². The third kappa shape index (κ3) is 4.88. The third-order valence-corrected chi connectivity index (χ3v) is 5.27. The van der Waals surface area contributed by atoms with Gasteiger partial charge in [0.2, 0.25) is 5.76 Å². The standard InChI is InChI=1S/C18H22FN3O3S.ClH/c1-3-21(4-2)8-9-22(17(23)14-12-24-10-11-25-14)18-20-16-13(19)6-5-7-15(16)26-18;/h5-7,12H,3-4,8-11H2,1-2H3;1H. The Balaban J connectivity index is 0.00000261. The van der Waals surface area contributed by atoms with Crippen molar-refractivity contribution in [2.45, 2.75) is 13.8 Å². The summed E-state index contributed by atoms with van der Waals surface area (Å²) in [6.07, 6.45) is 1.34. The third-order valence-electron chi connectivity index (χ3n) is 4.23. The summed E-state index contributed by atoms with van der Waals surface area (Å²) < 4.78 is 25.4. The first-order valence-corrected chi connectivity index (χ1v) is 9.49. The first-order valence-electron chi connectivity index (χ1n) is 8.67. The van der Waals surface area contributed by atoms with Crippen LogP contribution in [0.1, 0.15) is 13.8 Å². The molecular formula is C18H23ClFN3O3S. The number of ether oxygens (including phenoxy) is 2. The van der Waals surface area contributed by atoms with Gasteiger partial charge in [0.05, 0.1) is 4.70 Å². The smallest absolute Gasteiger partial charge is 0.298 e. The highest BCUT2D eigenvalue weighted by Gasteiger charge is 2.26. The minimum atomic E-state index is -0.391. The van der Waals surface area contributed by atoms with Crippen molar-refractivity contribution in [1.29, 1.82) is 0 Å². The zero-order chi connectivity index (χ0) is 18.5. The fourth-order valence-electron chi connectivity index (χ4n) is 2.70. The summed E-state index contributed by atoms with van der Waals surface area (Å²) in [5, 5.41) is 0.456. The van der Waals surface area contributed by atoms with E-state index in [1.807, 2.05) is 0 Å². The van der Waals surface area contributed by atoms with E-state index in [9.17, 15) is 9.18 Å². The number of rotatable bonds is 7. The van der Waals surface area contributed by atoms with Crippen LogP contribution in [0.4, 0.5) is 9.52 Å². The van der Waals surface area contributed by atoms with Gasteiger partial charge in [-0.1, -0.05) is 31.3 Å². The molecule has 0 unspecified atom stereocenters. The van der Waals surface area contributed by atoms with Crippen LogP contribution in [0.25, 0.3) is 10.2 Å². The summed E-state index contributed by atoms with van der Waals surface area (Å²) >= 11 is 1.29. The van der Waals surface area contributed by atoms with Gasteiger partial charge in [0.25, 0.3) is 5.91 Å². The molecule has 0 saturated heterocycles. The molecule has 0 aliphatic carbocycles. The molecule has 0 fully saturated rings. The molecule has 0 radical (unpaired) electrons. The van der Waals surface area contributed by atoms with E-state index in [2.05, 4.69) is 23.7 Å². The normalized spacial score (nSPS) is 13.6. The van der Waals surface area contributed by atoms with E-state index < -0.39 is 5.82 Å². The molecule has 1 aromatic carbocycles. The lowest BCUT2D eigenvalue weighted by Gasteiger charge is -2.26. The van der Waals surface area contributed by atoms with Crippen molar-refractivity contribution < 1.29 is 18.7 Å². The van der Waals surface area contributed by atoms with Crippen molar-refractivity contribution in [2.24, 2.45) is 0 Å². The Labute approximate surface area is 168 Å². The highest BCUT2D eigenvalue weighted by atomic mass is 35.5. The largest absolute Gasteiger partial charge is 0.494 e. The molecule has 1 aliphatic heterocycles. The first kappa shape index (κ1) is 21.4. The number of aromatic nitrogens is 1. The Morgan fingerprint density at radius 3 is 2.67 bits per heavy atom. The number of nitrogens with zero attached hydrogens (tertiary/aromatic N) is 3. The van der Waals surface area contributed by atoms with E-state index in [4.69, 9.17) is 9.47 Å². The summed E-state index contributed by atoms with van der Waals surface area (Å²) in [6.45, 7) is 7.78. The van der Waals surface area contributed by atoms with Crippen LogP contribution < -0.4 is 4.90 Å². The second-order valence-corrected chi connectivity index (χ2v) is 6.78. The van der Waals surface area contributed by atoms with Crippen LogP contribution in [0.2, 0.25) is 0 Å². The van der Waals surface area contributed by atoms with Crippen LogP contribution in [0.5, 0.6) is 0 Å². The van der Waals surface area contributed by atoms with Crippen molar-refractivity contribution in [1.82, 2.24) is 9.88 Å². The number of hydrogen-bond acceptors (Lipinski definition) is 6. The van der Waals surface area contributed by atoms with Crippen molar-refractivity contribution in [3.05, 3.63) is 36.0 Å². The van der Waals surface area contributed by atoms with E-state index in [1.54, 1.807) is 17.0 Å². The quantitative estimate of drug-likeness (QED) is 0.693. The van der Waals surface area contributed by atoms with Gasteiger partial charge in [0, 0.05) is 13.1 Å². The molecule has 27 heavy (non-hydrogen) atoms. The number of anilines is 1. The van der Waals surface area contributed by atoms with Crippen LogP contribution in [0, 0.1) is 5.82 Å². The summed E-state index contributed by atoms with van der Waals surface area (Å²) in [7, 11) is 0. The molecule has 2 heterocycles. The van der Waals surface area contributed by atoms with Gasteiger partial charge in [-0.3, -0.25) is 9.69 Å². The maximum Gasteiger partial charge on any atom is 0.298 e. The van der Waals surface area contributed by atoms with E-state index in [0.717, 1.165) is 13.1 Å². The second-order valence-electron chi connectivity index (χ2n) is 5.77. The number of hydrogen-bond donors (Lipinski definition) is 0. The lowest BCUT2D eigenvalue weighted by molar-refractivity contribution is -0.119. The van der Waals surface area contributed by atoms with E-state index in [-0.39, 0.29) is 29.6 Å². The number of fused-ring (bicyclic) bond motifs is 1. The molecule has 9 heteroatoms. The first-order chi connectivity index (χ1) is 12.6. The number of thiazole rings is 1. The maximum absolute atomic E-state index is 14.0. The summed E-state index contributed by atoms with van der Waals surface area (Å²) in [4.78, 5) is 21.1. The molecular weight excluding hydrogens is 393 g/mol. The molecule has 0 bridgehead atoms. The molecule has 0 saturated carbocycles. The lowest BCUT2D eigenvalue weighted by Crippen LogP contribution is -2.40. The molecule has 3 rings (SSSR count). The van der Waals surface area contributed by atoms with Gasteiger partial charge >= 0.3 is 0 Å². The van der Waals surface area contributed by atoms with Crippen molar-refractivity contribution in [2.75, 3.05) is 44.3 Å². The molecule has 148 valence electrons. The molecule has 0 N–H and O–H groups in total. The summed E-state index contributed by atoms with van der Waals surface area (Å²) in [5.41, 5.74) is 0.280. The van der Waals surface area contributed by atoms with E-state index >= 15 is 0 Å². The zero-order valence-corrected chi connectivity index (χ0v) is 16.9. The summed E-state index contributed by atoms with van der Waals surface area (Å²) in [6, 6.07) is 4.81. The number of carbonyl (C=O) groups excluding carboxylic acids is 1. The molecule has 1 amide bonds. The number of carbonyl (C=O) groups is 1. The molecule has 6 nitrogen and oxygen atoms in total. The lowest BCUT2D eigenvalue weighted by atomic mass is 10.3. The Bertz CT molecular complexity index is 810. The molecule has 2 aromatic rings. The second kappa shape index (κ2) is 9.87. The van der Waals surface area contributed by atoms with Gasteiger partial charge in [-0.15, -0.1) is 12.4 Å². The van der Waals surface area contributed by atoms with Crippen LogP contribution in [0.3, 0.4) is 0 Å². The average molecular weight is 416 g/mol. The highest BCUT2D eigenvalue weighted by Crippen LogP contribution is 2.31. The van der Waals surface area contributed by atoms with Crippen molar-refractivity contribution in [3.63, 3.8) is 0 Å². The number of para-hydroxylation sites is 1. The predicted molar refractivity (Wildman–Crippen MR) is 107 cm³/mol. The van der Waals surface area contributed by atoms with Gasteiger partial charge in [-0.2, -0.15) is 0 Å². The minimum Gasteiger partial charge on any atom is -0.494 e. The van der Waals surface area contributed by atoms with Crippen LogP contribution in [0.15, 0.2) is 30.2 Å². The number of likely N-dealkylation sites (N-methyl/N-ethyl adjacent to an activating group) is 1. The predicted octanol–water partition coefficient (Wildman–Crippen LogP) is 3.42. The van der Waals surface area contributed by atoms with Gasteiger partial charge < -0.3 is 14.4 Å². The van der Waals surface area contributed by atoms with E-state index in [0.29, 0.717) is 36.1 Å². The summed E-state index contributed by atoms with van der Waals surface area (Å²) in [5.74, 6) is -0.565. The molecule has 1 aromatic heterocycles. The van der Waals surface area contributed by atoms with Crippen molar-refractivity contribution >= 4 is 45.0 Å².